The Morgan fingerprint density at radius 2 is 2.07 bits per heavy atom. The molecule has 2 rings (SSSR count). The van der Waals surface area contributed by atoms with Crippen LogP contribution in [0.15, 0.2) is 22.8 Å². The molecule has 2 N–H and O–H groups in total. The van der Waals surface area contributed by atoms with Gasteiger partial charge in [-0.2, -0.15) is 0 Å². The summed E-state index contributed by atoms with van der Waals surface area (Å²) in [6.45, 7) is 0. The third-order valence-corrected chi connectivity index (χ3v) is 1.86. The highest BCUT2D eigenvalue weighted by Gasteiger charge is 2.15. The number of hydrogen-bond acceptors (Lipinski definition) is 2. The number of carbonyl (C=O) groups is 1. The number of halogens is 2. The van der Waals surface area contributed by atoms with Gasteiger partial charge in [-0.1, -0.05) is 0 Å². The zero-order chi connectivity index (χ0) is 10.3. The molecule has 72 valence electrons. The number of rotatable bonds is 1. The lowest BCUT2D eigenvalue weighted by molar-refractivity contribution is 0.100. The third-order valence-electron chi connectivity index (χ3n) is 1.86. The third kappa shape index (κ3) is 1.14. The van der Waals surface area contributed by atoms with Crippen LogP contribution in [-0.2, 0) is 0 Å². The van der Waals surface area contributed by atoms with E-state index in [9.17, 15) is 13.6 Å². The van der Waals surface area contributed by atoms with Crippen LogP contribution in [0.2, 0.25) is 0 Å². The van der Waals surface area contributed by atoms with Crippen LogP contribution in [0.25, 0.3) is 11.0 Å². The molecule has 3 nitrogen and oxygen atoms in total. The fraction of sp³-hybridized carbons (Fsp3) is 0. The maximum Gasteiger partial charge on any atom is 0.252 e. The number of amides is 1. The summed E-state index contributed by atoms with van der Waals surface area (Å²) < 4.78 is 30.6. The number of benzene rings is 1. The summed E-state index contributed by atoms with van der Waals surface area (Å²) in [7, 11) is 0. The first-order chi connectivity index (χ1) is 6.59. The van der Waals surface area contributed by atoms with Crippen LogP contribution >= 0.6 is 0 Å². The minimum Gasteiger partial charge on any atom is -0.460 e. The van der Waals surface area contributed by atoms with Gasteiger partial charge in [-0.25, -0.2) is 8.78 Å². The number of carbonyl (C=O) groups excluding carboxylic acids is 1. The first-order valence-corrected chi connectivity index (χ1v) is 3.75. The van der Waals surface area contributed by atoms with Crippen LogP contribution in [0.4, 0.5) is 8.78 Å². The van der Waals surface area contributed by atoms with E-state index in [1.807, 2.05) is 0 Å². The number of primary amides is 1. The van der Waals surface area contributed by atoms with Crippen LogP contribution in [0.1, 0.15) is 10.4 Å². The molecule has 1 aromatic carbocycles. The normalized spacial score (nSPS) is 10.7. The highest BCUT2D eigenvalue weighted by Crippen LogP contribution is 2.24. The molecule has 1 amide bonds. The molecule has 0 saturated heterocycles. The van der Waals surface area contributed by atoms with Crippen molar-refractivity contribution in [2.45, 2.75) is 0 Å². The summed E-state index contributed by atoms with van der Waals surface area (Å²) in [5, 5.41) is 0.0509. The highest BCUT2D eigenvalue weighted by molar-refractivity contribution is 6.05. The molecular formula is C9H5F2NO2. The molecular weight excluding hydrogens is 192 g/mol. The van der Waals surface area contributed by atoms with Gasteiger partial charge in [0.25, 0.3) is 5.91 Å². The van der Waals surface area contributed by atoms with Crippen molar-refractivity contribution in [2.75, 3.05) is 0 Å². The van der Waals surface area contributed by atoms with Gasteiger partial charge in [0.15, 0.2) is 11.4 Å². The van der Waals surface area contributed by atoms with Crippen LogP contribution in [0.3, 0.4) is 0 Å². The molecule has 0 unspecified atom stereocenters. The van der Waals surface area contributed by atoms with E-state index in [2.05, 4.69) is 0 Å². The zero-order valence-corrected chi connectivity index (χ0v) is 6.88. The Morgan fingerprint density at radius 3 is 2.71 bits per heavy atom. The van der Waals surface area contributed by atoms with Crippen molar-refractivity contribution in [3.63, 3.8) is 0 Å². The fourth-order valence-corrected chi connectivity index (χ4v) is 1.25. The lowest BCUT2D eigenvalue weighted by Gasteiger charge is -1.93. The Hall–Kier alpha value is -1.91. The van der Waals surface area contributed by atoms with Crippen LogP contribution < -0.4 is 5.73 Å². The average Bonchev–Trinajstić information content (AvgIpc) is 2.47. The quantitative estimate of drug-likeness (QED) is 0.757. The lowest BCUT2D eigenvalue weighted by Crippen LogP contribution is -2.09. The van der Waals surface area contributed by atoms with Gasteiger partial charge in [-0.05, 0) is 6.07 Å². The van der Waals surface area contributed by atoms with Crippen molar-refractivity contribution in [2.24, 2.45) is 5.73 Å². The number of nitrogens with two attached hydrogens (primary N) is 1. The van der Waals surface area contributed by atoms with Crippen molar-refractivity contribution < 1.29 is 18.0 Å². The summed E-state index contributed by atoms with van der Waals surface area (Å²) in [6, 6.07) is 1.68. The van der Waals surface area contributed by atoms with Crippen molar-refractivity contribution in [3.8, 4) is 0 Å². The van der Waals surface area contributed by atoms with E-state index in [1.54, 1.807) is 0 Å². The fourth-order valence-electron chi connectivity index (χ4n) is 1.25. The Labute approximate surface area is 77.1 Å². The molecule has 2 aromatic rings. The van der Waals surface area contributed by atoms with E-state index >= 15 is 0 Å². The molecule has 0 fully saturated rings. The van der Waals surface area contributed by atoms with Crippen molar-refractivity contribution >= 4 is 16.9 Å². The predicted octanol–water partition coefficient (Wildman–Crippen LogP) is 1.81. The summed E-state index contributed by atoms with van der Waals surface area (Å²) in [5.41, 5.74) is 4.78. The Bertz CT molecular complexity index is 519. The largest absolute Gasteiger partial charge is 0.460 e. The first-order valence-electron chi connectivity index (χ1n) is 3.75. The minimum absolute atomic E-state index is 0.0293. The predicted molar refractivity (Wildman–Crippen MR) is 44.6 cm³/mol. The second-order valence-electron chi connectivity index (χ2n) is 2.78. The Kier molecular flexibility index (Phi) is 1.73. The monoisotopic (exact) mass is 197 g/mol. The smallest absolute Gasteiger partial charge is 0.252 e. The van der Waals surface area contributed by atoms with Crippen LogP contribution in [0, 0.1) is 11.6 Å². The van der Waals surface area contributed by atoms with E-state index < -0.39 is 17.5 Å². The van der Waals surface area contributed by atoms with Crippen molar-refractivity contribution in [1.29, 1.82) is 0 Å². The van der Waals surface area contributed by atoms with Gasteiger partial charge in [0.2, 0.25) is 0 Å². The molecule has 1 heterocycles. The average molecular weight is 197 g/mol. The SMILES string of the molecule is NC(=O)c1coc2c(F)cc(F)cc12. The van der Waals surface area contributed by atoms with E-state index in [1.165, 1.54) is 0 Å². The van der Waals surface area contributed by atoms with Gasteiger partial charge in [0.05, 0.1) is 5.56 Å². The molecule has 5 heteroatoms. The Morgan fingerprint density at radius 1 is 1.36 bits per heavy atom. The van der Waals surface area contributed by atoms with Gasteiger partial charge in [-0.15, -0.1) is 0 Å². The second-order valence-corrected chi connectivity index (χ2v) is 2.78. The minimum atomic E-state index is -0.854. The summed E-state index contributed by atoms with van der Waals surface area (Å²) >= 11 is 0. The topological polar surface area (TPSA) is 56.2 Å². The molecule has 0 aliphatic heterocycles. The van der Waals surface area contributed by atoms with E-state index in [4.69, 9.17) is 10.2 Å². The first kappa shape index (κ1) is 8.68. The molecule has 1 aromatic heterocycles. The maximum absolute atomic E-state index is 13.0. The lowest BCUT2D eigenvalue weighted by atomic mass is 10.1. The maximum atomic E-state index is 13.0. The van der Waals surface area contributed by atoms with Gasteiger partial charge < -0.3 is 10.2 Å². The number of hydrogen-bond donors (Lipinski definition) is 1. The van der Waals surface area contributed by atoms with Gasteiger partial charge >= 0.3 is 0 Å². The van der Waals surface area contributed by atoms with Gasteiger partial charge in [0.1, 0.15) is 12.1 Å². The highest BCUT2D eigenvalue weighted by atomic mass is 19.1. The molecule has 0 radical (unpaired) electrons. The van der Waals surface area contributed by atoms with Crippen LogP contribution in [0.5, 0.6) is 0 Å². The molecule has 0 aliphatic carbocycles. The van der Waals surface area contributed by atoms with E-state index in [-0.39, 0.29) is 16.5 Å². The van der Waals surface area contributed by atoms with Gasteiger partial charge in [-0.3, -0.25) is 4.79 Å². The second kappa shape index (κ2) is 2.80. The van der Waals surface area contributed by atoms with Crippen LogP contribution in [-0.4, -0.2) is 5.91 Å². The summed E-state index contributed by atoms with van der Waals surface area (Å²) in [4.78, 5) is 10.8. The standard InChI is InChI=1S/C9H5F2NO2/c10-4-1-5-6(9(12)13)3-14-8(5)7(11)2-4/h1-3H,(H2,12,13). The zero-order valence-electron chi connectivity index (χ0n) is 6.88. The molecule has 0 saturated carbocycles. The molecule has 14 heavy (non-hydrogen) atoms. The molecule has 0 spiro atoms. The molecule has 0 bridgehead atoms. The number of furan rings is 1. The molecule has 0 atom stereocenters. The van der Waals surface area contributed by atoms with Crippen molar-refractivity contribution in [1.82, 2.24) is 0 Å². The van der Waals surface area contributed by atoms with E-state index in [0.717, 1.165) is 12.3 Å². The Balaban J connectivity index is 2.85. The van der Waals surface area contributed by atoms with Crippen molar-refractivity contribution in [3.05, 3.63) is 35.6 Å². The summed E-state index contributed by atoms with van der Waals surface area (Å²) in [6.07, 6.45) is 1.01. The number of fused-ring (bicyclic) bond motifs is 1. The van der Waals surface area contributed by atoms with Gasteiger partial charge in [0, 0.05) is 11.5 Å². The molecule has 0 aliphatic rings. The van der Waals surface area contributed by atoms with E-state index in [0.29, 0.717) is 6.07 Å². The summed E-state index contributed by atoms with van der Waals surface area (Å²) in [5.74, 6) is -2.42.